The van der Waals surface area contributed by atoms with Gasteiger partial charge in [-0.05, 0) is 47.9 Å². The zero-order valence-electron chi connectivity index (χ0n) is 28.1. The van der Waals surface area contributed by atoms with E-state index in [1.54, 1.807) is 0 Å². The summed E-state index contributed by atoms with van der Waals surface area (Å²) in [6.45, 7) is 0. The van der Waals surface area contributed by atoms with Crippen LogP contribution in [-0.2, 0) is 0 Å². The summed E-state index contributed by atoms with van der Waals surface area (Å²) in [5, 5.41) is 7.33. The molecule has 0 bridgehead atoms. The fourth-order valence-electron chi connectivity index (χ4n) is 8.21. The van der Waals surface area contributed by atoms with Crippen molar-refractivity contribution in [1.82, 2.24) is 19.1 Å². The molecule has 0 fully saturated rings. The van der Waals surface area contributed by atoms with Gasteiger partial charge >= 0.3 is 0 Å². The van der Waals surface area contributed by atoms with E-state index in [9.17, 15) is 0 Å². The maximum atomic E-state index is 5.25. The van der Waals surface area contributed by atoms with Gasteiger partial charge in [0.05, 0.1) is 50.2 Å². The lowest BCUT2D eigenvalue weighted by atomic mass is 10.0. The molecule has 0 saturated carbocycles. The van der Waals surface area contributed by atoms with Gasteiger partial charge in [-0.1, -0.05) is 140 Å². The van der Waals surface area contributed by atoms with E-state index in [2.05, 4.69) is 161 Å². The Bertz CT molecular complexity index is 3180. The molecule has 0 radical (unpaired) electrons. The van der Waals surface area contributed by atoms with Gasteiger partial charge in [0.25, 0.3) is 0 Å². The van der Waals surface area contributed by atoms with Gasteiger partial charge in [-0.15, -0.1) is 0 Å². The molecule has 11 aromatic rings. The minimum absolute atomic E-state index is 0.863. The van der Waals surface area contributed by atoms with Crippen LogP contribution in [0.25, 0.3) is 99.3 Å². The smallest absolute Gasteiger partial charge is 0.0973 e. The second-order valence-corrected chi connectivity index (χ2v) is 13.4. The van der Waals surface area contributed by atoms with Gasteiger partial charge in [0.1, 0.15) is 0 Å². The molecule has 0 spiro atoms. The molecule has 8 aromatic carbocycles. The topological polar surface area (TPSA) is 35.6 Å². The second-order valence-electron chi connectivity index (χ2n) is 13.4. The van der Waals surface area contributed by atoms with Crippen LogP contribution in [0, 0.1) is 0 Å². The number of benzene rings is 8. The number of rotatable bonds is 4. The molecule has 52 heavy (non-hydrogen) atoms. The third kappa shape index (κ3) is 4.21. The molecule has 3 aromatic heterocycles. The van der Waals surface area contributed by atoms with Gasteiger partial charge in [0.15, 0.2) is 0 Å². The molecular weight excluding hydrogens is 633 g/mol. The van der Waals surface area contributed by atoms with Crippen molar-refractivity contribution < 1.29 is 0 Å². The molecule has 0 unspecified atom stereocenters. The summed E-state index contributed by atoms with van der Waals surface area (Å²) in [5.74, 6) is 0. The highest BCUT2D eigenvalue weighted by Gasteiger charge is 2.22. The van der Waals surface area contributed by atoms with E-state index in [1.807, 2.05) is 30.3 Å². The summed E-state index contributed by atoms with van der Waals surface area (Å²) in [5.41, 5.74) is 12.5. The Hall–Kier alpha value is -7.04. The van der Waals surface area contributed by atoms with Crippen molar-refractivity contribution in [3.63, 3.8) is 0 Å². The number of hydrogen-bond acceptors (Lipinski definition) is 2. The first-order chi connectivity index (χ1) is 25.8. The van der Waals surface area contributed by atoms with E-state index in [0.29, 0.717) is 0 Å². The van der Waals surface area contributed by atoms with Crippen LogP contribution in [0.15, 0.2) is 182 Å². The first-order valence-electron chi connectivity index (χ1n) is 17.7. The van der Waals surface area contributed by atoms with Crippen LogP contribution < -0.4 is 0 Å². The lowest BCUT2D eigenvalue weighted by Crippen LogP contribution is -2.00. The van der Waals surface area contributed by atoms with Crippen LogP contribution in [-0.4, -0.2) is 19.1 Å². The molecule has 4 heteroatoms. The van der Waals surface area contributed by atoms with Crippen molar-refractivity contribution in [2.45, 2.75) is 0 Å². The fraction of sp³-hybridized carbons (Fsp3) is 0. The van der Waals surface area contributed by atoms with Crippen LogP contribution in [0.3, 0.4) is 0 Å². The molecule has 3 heterocycles. The maximum absolute atomic E-state index is 5.25. The standard InChI is InChI=1S/C48H30N4/c1-2-15-32(16-3-1)45-46(50-41-24-9-8-23-40(41)49-45)33-18-12-19-34(30-33)51-43-25-10-6-21-36(43)38-28-29-39-37-22-7-11-26-44(37)52(48(39)47(38)51)42-27-13-17-31-14-4-5-20-35(31)42/h1-30H. The molecule has 0 amide bonds. The van der Waals surface area contributed by atoms with E-state index in [0.717, 1.165) is 44.8 Å². The summed E-state index contributed by atoms with van der Waals surface area (Å²) < 4.78 is 4.94. The summed E-state index contributed by atoms with van der Waals surface area (Å²) in [6, 6.07) is 64.8. The first-order valence-corrected chi connectivity index (χ1v) is 17.7. The van der Waals surface area contributed by atoms with Crippen LogP contribution >= 0.6 is 0 Å². The van der Waals surface area contributed by atoms with Crippen molar-refractivity contribution in [3.8, 4) is 33.9 Å². The highest BCUT2D eigenvalue weighted by molar-refractivity contribution is 6.24. The molecule has 0 aliphatic carbocycles. The van der Waals surface area contributed by atoms with Gasteiger partial charge in [-0.25, -0.2) is 9.97 Å². The monoisotopic (exact) mass is 662 g/mol. The van der Waals surface area contributed by atoms with Crippen molar-refractivity contribution in [1.29, 1.82) is 0 Å². The molecule has 0 aliphatic heterocycles. The normalized spacial score (nSPS) is 11.8. The molecule has 0 aliphatic rings. The van der Waals surface area contributed by atoms with Gasteiger partial charge in [0, 0.05) is 43.7 Å². The maximum Gasteiger partial charge on any atom is 0.0973 e. The van der Waals surface area contributed by atoms with E-state index in [4.69, 9.17) is 9.97 Å². The molecule has 4 nitrogen and oxygen atoms in total. The highest BCUT2D eigenvalue weighted by Crippen LogP contribution is 2.43. The number of para-hydroxylation sites is 4. The van der Waals surface area contributed by atoms with Gasteiger partial charge in [-0.2, -0.15) is 0 Å². The van der Waals surface area contributed by atoms with E-state index < -0.39 is 0 Å². The Morgan fingerprint density at radius 1 is 0.346 bits per heavy atom. The zero-order chi connectivity index (χ0) is 34.2. The minimum atomic E-state index is 0.863. The predicted molar refractivity (Wildman–Crippen MR) is 217 cm³/mol. The average molecular weight is 663 g/mol. The summed E-state index contributed by atoms with van der Waals surface area (Å²) in [7, 11) is 0. The summed E-state index contributed by atoms with van der Waals surface area (Å²) in [6.07, 6.45) is 0. The zero-order valence-corrected chi connectivity index (χ0v) is 28.1. The summed E-state index contributed by atoms with van der Waals surface area (Å²) in [4.78, 5) is 10.4. The average Bonchev–Trinajstić information content (AvgIpc) is 3.74. The van der Waals surface area contributed by atoms with E-state index in [-0.39, 0.29) is 0 Å². The van der Waals surface area contributed by atoms with Crippen LogP contribution in [0.1, 0.15) is 0 Å². The van der Waals surface area contributed by atoms with Gasteiger partial charge < -0.3 is 9.13 Å². The lowest BCUT2D eigenvalue weighted by molar-refractivity contribution is 1.15. The number of hydrogen-bond donors (Lipinski definition) is 0. The van der Waals surface area contributed by atoms with Crippen LogP contribution in [0.2, 0.25) is 0 Å². The lowest BCUT2D eigenvalue weighted by Gasteiger charge is -2.15. The van der Waals surface area contributed by atoms with E-state index >= 15 is 0 Å². The summed E-state index contributed by atoms with van der Waals surface area (Å²) >= 11 is 0. The van der Waals surface area contributed by atoms with Crippen LogP contribution in [0.4, 0.5) is 0 Å². The fourth-order valence-corrected chi connectivity index (χ4v) is 8.21. The first kappa shape index (κ1) is 28.8. The molecule has 11 rings (SSSR count). The van der Waals surface area contributed by atoms with Crippen molar-refractivity contribution in [2.75, 3.05) is 0 Å². The van der Waals surface area contributed by atoms with Crippen molar-refractivity contribution in [2.24, 2.45) is 0 Å². The quantitative estimate of drug-likeness (QED) is 0.188. The predicted octanol–water partition coefficient (Wildman–Crippen LogP) is 12.3. The third-order valence-corrected chi connectivity index (χ3v) is 10.5. The molecule has 0 N–H and O–H groups in total. The Morgan fingerprint density at radius 2 is 0.865 bits per heavy atom. The van der Waals surface area contributed by atoms with Crippen molar-refractivity contribution in [3.05, 3.63) is 182 Å². The molecular formula is C48H30N4. The van der Waals surface area contributed by atoms with E-state index in [1.165, 1.54) is 54.6 Å². The Labute approximate surface area is 299 Å². The SMILES string of the molecule is c1ccc(-c2nc3ccccc3nc2-c2cccc(-n3c4ccccc4c4ccc5c6ccccc6n(-c6cccc7ccccc67)c5c43)c2)cc1. The largest absolute Gasteiger partial charge is 0.307 e. The van der Waals surface area contributed by atoms with Gasteiger partial charge in [-0.3, -0.25) is 0 Å². The Balaban J connectivity index is 1.26. The number of nitrogens with zero attached hydrogens (tertiary/aromatic N) is 4. The minimum Gasteiger partial charge on any atom is -0.307 e. The second kappa shape index (κ2) is 11.2. The molecule has 242 valence electrons. The Kier molecular flexibility index (Phi) is 6.22. The Morgan fingerprint density at radius 3 is 1.60 bits per heavy atom. The molecule has 0 saturated heterocycles. The number of fused-ring (bicyclic) bond motifs is 9. The number of aromatic nitrogens is 4. The van der Waals surface area contributed by atoms with Crippen LogP contribution in [0.5, 0.6) is 0 Å². The molecule has 0 atom stereocenters. The van der Waals surface area contributed by atoms with Gasteiger partial charge in [0.2, 0.25) is 0 Å². The van der Waals surface area contributed by atoms with Crippen molar-refractivity contribution >= 4 is 65.4 Å². The highest BCUT2D eigenvalue weighted by atomic mass is 15.0. The third-order valence-electron chi connectivity index (χ3n) is 10.5.